The van der Waals surface area contributed by atoms with E-state index in [-0.39, 0.29) is 11.9 Å². The van der Waals surface area contributed by atoms with Gasteiger partial charge < -0.3 is 10.1 Å². The number of nitrogens with one attached hydrogen (secondary N) is 1. The van der Waals surface area contributed by atoms with Gasteiger partial charge in [0.15, 0.2) is 5.16 Å². The van der Waals surface area contributed by atoms with E-state index < -0.39 is 0 Å². The number of nitrogens with zero attached hydrogens (tertiary/aromatic N) is 3. The Morgan fingerprint density at radius 1 is 1.38 bits per heavy atom. The molecule has 1 aromatic heterocycles. The summed E-state index contributed by atoms with van der Waals surface area (Å²) in [4.78, 5) is 12.1. The Balaban J connectivity index is 1.71. The molecule has 0 radical (unpaired) electrons. The van der Waals surface area contributed by atoms with E-state index in [1.807, 2.05) is 37.3 Å². The quantitative estimate of drug-likeness (QED) is 0.743. The van der Waals surface area contributed by atoms with E-state index in [0.717, 1.165) is 29.5 Å². The topological polar surface area (TPSA) is 69.0 Å². The average molecular weight is 346 g/mol. The zero-order valence-corrected chi connectivity index (χ0v) is 14.8. The zero-order chi connectivity index (χ0) is 16.9. The van der Waals surface area contributed by atoms with E-state index in [2.05, 4.69) is 20.1 Å². The van der Waals surface area contributed by atoms with Gasteiger partial charge >= 0.3 is 0 Å². The van der Waals surface area contributed by atoms with E-state index in [0.29, 0.717) is 18.3 Å². The lowest BCUT2D eigenvalue weighted by Gasteiger charge is -2.13. The first-order valence-electron chi connectivity index (χ1n) is 8.11. The summed E-state index contributed by atoms with van der Waals surface area (Å²) in [5, 5.41) is 12.3. The Kier molecular flexibility index (Phi) is 5.52. The molecule has 1 saturated carbocycles. The summed E-state index contributed by atoms with van der Waals surface area (Å²) in [5.74, 6) is 1.77. The Labute approximate surface area is 146 Å². The largest absolute Gasteiger partial charge is 0.383 e. The van der Waals surface area contributed by atoms with Crippen molar-refractivity contribution >= 4 is 17.7 Å². The summed E-state index contributed by atoms with van der Waals surface area (Å²) in [6, 6.07) is 10.1. The molecule has 1 N–H and O–H groups in total. The van der Waals surface area contributed by atoms with E-state index in [1.54, 1.807) is 7.11 Å². The maximum absolute atomic E-state index is 12.1. The van der Waals surface area contributed by atoms with E-state index in [9.17, 15) is 4.79 Å². The van der Waals surface area contributed by atoms with Gasteiger partial charge in [-0.05, 0) is 31.9 Å². The summed E-state index contributed by atoms with van der Waals surface area (Å²) in [6.45, 7) is 2.42. The fourth-order valence-corrected chi connectivity index (χ4v) is 3.31. The lowest BCUT2D eigenvalue weighted by molar-refractivity contribution is -0.119. The normalized spacial score (nSPS) is 15.2. The van der Waals surface area contributed by atoms with Crippen LogP contribution in [0.1, 0.15) is 31.5 Å². The van der Waals surface area contributed by atoms with Crippen molar-refractivity contribution in [2.24, 2.45) is 0 Å². The number of aromatic nitrogens is 3. The van der Waals surface area contributed by atoms with Crippen molar-refractivity contribution in [3.8, 4) is 5.69 Å². The predicted octanol–water partition coefficient (Wildman–Crippen LogP) is 2.39. The van der Waals surface area contributed by atoms with Gasteiger partial charge in [-0.3, -0.25) is 9.36 Å². The molecule has 1 aromatic carbocycles. The van der Waals surface area contributed by atoms with Crippen LogP contribution in [0.2, 0.25) is 0 Å². The van der Waals surface area contributed by atoms with Gasteiger partial charge in [0.2, 0.25) is 5.91 Å². The number of methoxy groups -OCH3 is 1. The van der Waals surface area contributed by atoms with Crippen LogP contribution in [0, 0.1) is 0 Å². The van der Waals surface area contributed by atoms with Gasteiger partial charge in [0.25, 0.3) is 0 Å². The number of amides is 1. The Bertz CT molecular complexity index is 685. The molecule has 128 valence electrons. The maximum Gasteiger partial charge on any atom is 0.230 e. The minimum Gasteiger partial charge on any atom is -0.383 e. The molecule has 0 saturated heterocycles. The van der Waals surface area contributed by atoms with Crippen LogP contribution >= 0.6 is 11.8 Å². The fourth-order valence-electron chi connectivity index (χ4n) is 2.54. The summed E-state index contributed by atoms with van der Waals surface area (Å²) in [7, 11) is 1.62. The molecule has 0 spiro atoms. The molecule has 24 heavy (non-hydrogen) atoms. The first-order valence-corrected chi connectivity index (χ1v) is 9.09. The second-order valence-electron chi connectivity index (χ2n) is 6.00. The smallest absolute Gasteiger partial charge is 0.230 e. The predicted molar refractivity (Wildman–Crippen MR) is 93.5 cm³/mol. The monoisotopic (exact) mass is 346 g/mol. The van der Waals surface area contributed by atoms with Gasteiger partial charge in [0, 0.05) is 24.8 Å². The molecule has 1 amide bonds. The Morgan fingerprint density at radius 2 is 2.12 bits per heavy atom. The average Bonchev–Trinajstić information content (AvgIpc) is 3.33. The molecule has 3 rings (SSSR count). The highest BCUT2D eigenvalue weighted by Crippen LogP contribution is 2.41. The number of ether oxygens (including phenoxy) is 1. The molecule has 1 unspecified atom stereocenters. The first kappa shape index (κ1) is 17.0. The lowest BCUT2D eigenvalue weighted by Crippen LogP contribution is -2.36. The van der Waals surface area contributed by atoms with Crippen molar-refractivity contribution in [3.05, 3.63) is 36.2 Å². The van der Waals surface area contributed by atoms with Gasteiger partial charge in [-0.25, -0.2) is 0 Å². The summed E-state index contributed by atoms with van der Waals surface area (Å²) in [6.07, 6.45) is 2.31. The molecule has 6 nitrogen and oxygen atoms in total. The highest BCUT2D eigenvalue weighted by molar-refractivity contribution is 7.99. The number of hydrogen-bond acceptors (Lipinski definition) is 5. The van der Waals surface area contributed by atoms with Crippen LogP contribution in [0.5, 0.6) is 0 Å². The molecular weight excluding hydrogens is 324 g/mol. The van der Waals surface area contributed by atoms with Crippen LogP contribution in [0.3, 0.4) is 0 Å². The van der Waals surface area contributed by atoms with Crippen molar-refractivity contribution in [2.45, 2.75) is 36.9 Å². The molecule has 1 atom stereocenters. The van der Waals surface area contributed by atoms with Crippen LogP contribution in [0.4, 0.5) is 0 Å². The van der Waals surface area contributed by atoms with Crippen molar-refractivity contribution in [1.29, 1.82) is 0 Å². The number of carbonyl (C=O) groups is 1. The number of rotatable bonds is 8. The summed E-state index contributed by atoms with van der Waals surface area (Å²) < 4.78 is 7.11. The van der Waals surface area contributed by atoms with Crippen molar-refractivity contribution < 1.29 is 9.53 Å². The molecule has 7 heteroatoms. The highest BCUT2D eigenvalue weighted by Gasteiger charge is 2.31. The number of carbonyl (C=O) groups excluding carboxylic acids is 1. The third kappa shape index (κ3) is 4.15. The molecule has 1 fully saturated rings. The second kappa shape index (κ2) is 7.81. The van der Waals surface area contributed by atoms with E-state index in [4.69, 9.17) is 4.74 Å². The lowest BCUT2D eigenvalue weighted by atomic mass is 10.3. The van der Waals surface area contributed by atoms with Gasteiger partial charge in [-0.15, -0.1) is 10.2 Å². The van der Waals surface area contributed by atoms with E-state index in [1.165, 1.54) is 11.8 Å². The van der Waals surface area contributed by atoms with E-state index >= 15 is 0 Å². The van der Waals surface area contributed by atoms with Gasteiger partial charge in [-0.2, -0.15) is 0 Å². The van der Waals surface area contributed by atoms with Crippen molar-refractivity contribution in [3.63, 3.8) is 0 Å². The number of hydrogen-bond donors (Lipinski definition) is 1. The fraction of sp³-hybridized carbons (Fsp3) is 0.471. The molecular formula is C17H22N4O2S. The SMILES string of the molecule is COCC(C)NC(=O)CSc1nnc(C2CC2)n1-c1ccccc1. The summed E-state index contributed by atoms with van der Waals surface area (Å²) >= 11 is 1.41. The number of para-hydroxylation sites is 1. The van der Waals surface area contributed by atoms with Crippen molar-refractivity contribution in [1.82, 2.24) is 20.1 Å². The van der Waals surface area contributed by atoms with Gasteiger partial charge in [-0.1, -0.05) is 30.0 Å². The van der Waals surface area contributed by atoms with Crippen LogP contribution in [0.15, 0.2) is 35.5 Å². The number of benzene rings is 1. The molecule has 0 aliphatic heterocycles. The molecule has 0 bridgehead atoms. The van der Waals surface area contributed by atoms with Gasteiger partial charge in [0.1, 0.15) is 5.82 Å². The molecule has 2 aromatic rings. The molecule has 1 heterocycles. The molecule has 1 aliphatic rings. The first-order chi connectivity index (χ1) is 11.7. The minimum absolute atomic E-state index is 0.00267. The van der Waals surface area contributed by atoms with Crippen molar-refractivity contribution in [2.75, 3.05) is 19.5 Å². The third-order valence-electron chi connectivity index (χ3n) is 3.77. The highest BCUT2D eigenvalue weighted by atomic mass is 32.2. The maximum atomic E-state index is 12.1. The van der Waals surface area contributed by atoms with Crippen LogP contribution in [-0.4, -0.2) is 46.2 Å². The standard InChI is InChI=1S/C17H22N4O2S/c1-12(10-23-2)18-15(22)11-24-17-20-19-16(13-8-9-13)21(17)14-6-4-3-5-7-14/h3-7,12-13H,8-11H2,1-2H3,(H,18,22). The third-order valence-corrected chi connectivity index (χ3v) is 4.70. The second-order valence-corrected chi connectivity index (χ2v) is 6.94. The molecule has 1 aliphatic carbocycles. The van der Waals surface area contributed by atoms with Crippen LogP contribution in [-0.2, 0) is 9.53 Å². The zero-order valence-electron chi connectivity index (χ0n) is 13.9. The van der Waals surface area contributed by atoms with Crippen LogP contribution < -0.4 is 5.32 Å². The van der Waals surface area contributed by atoms with Gasteiger partial charge in [0.05, 0.1) is 12.4 Å². The summed E-state index contributed by atoms with van der Waals surface area (Å²) in [5.41, 5.74) is 1.04. The minimum atomic E-state index is -0.0277. The Hall–Kier alpha value is -1.86. The Morgan fingerprint density at radius 3 is 2.79 bits per heavy atom. The van der Waals surface area contributed by atoms with Crippen LogP contribution in [0.25, 0.3) is 5.69 Å². The number of thioether (sulfide) groups is 1.